The number of ether oxygens (including phenoxy) is 1. The summed E-state index contributed by atoms with van der Waals surface area (Å²) in [6, 6.07) is 8.94. The average Bonchev–Trinajstić information content (AvgIpc) is 2.92. The van der Waals surface area contributed by atoms with Crippen LogP contribution in [0.1, 0.15) is 25.3 Å². The van der Waals surface area contributed by atoms with E-state index in [4.69, 9.17) is 4.74 Å². The number of nitrogens with zero attached hydrogens (tertiary/aromatic N) is 1. The molecule has 1 aliphatic rings. The van der Waals surface area contributed by atoms with Crippen LogP contribution in [0.2, 0.25) is 0 Å². The number of urea groups is 1. The lowest BCUT2D eigenvalue weighted by atomic mass is 10.2. The maximum absolute atomic E-state index is 11.9. The first-order valence-electron chi connectivity index (χ1n) is 8.06. The second-order valence-corrected chi connectivity index (χ2v) is 5.64. The minimum Gasteiger partial charge on any atom is -0.453 e. The van der Waals surface area contributed by atoms with Gasteiger partial charge in [0.25, 0.3) is 5.91 Å². The smallest absolute Gasteiger partial charge is 0.324 e. The summed E-state index contributed by atoms with van der Waals surface area (Å²) in [5.74, 6) is -1.24. The van der Waals surface area contributed by atoms with Crippen molar-refractivity contribution in [3.8, 4) is 0 Å². The van der Waals surface area contributed by atoms with Crippen LogP contribution >= 0.6 is 0 Å². The number of benzene rings is 1. The summed E-state index contributed by atoms with van der Waals surface area (Å²) in [5, 5.41) is 5.10. The molecule has 1 aromatic rings. The lowest BCUT2D eigenvalue weighted by Crippen LogP contribution is -2.36. The Morgan fingerprint density at radius 1 is 1.28 bits per heavy atom. The van der Waals surface area contributed by atoms with Gasteiger partial charge in [0.1, 0.15) is 0 Å². The molecule has 25 heavy (non-hydrogen) atoms. The second-order valence-electron chi connectivity index (χ2n) is 5.64. The molecule has 0 aromatic heterocycles. The minimum atomic E-state index is -0.909. The van der Waals surface area contributed by atoms with E-state index in [-0.39, 0.29) is 37.7 Å². The number of amides is 4. The van der Waals surface area contributed by atoms with Gasteiger partial charge in [-0.1, -0.05) is 30.3 Å². The molecule has 1 atom stereocenters. The summed E-state index contributed by atoms with van der Waals surface area (Å²) in [7, 11) is 0. The number of imide groups is 1. The maximum atomic E-state index is 11.9. The van der Waals surface area contributed by atoms with Gasteiger partial charge in [0.05, 0.1) is 6.54 Å². The fraction of sp³-hybridized carbons (Fsp3) is 0.412. The molecule has 1 unspecified atom stereocenters. The Balaban J connectivity index is 1.66. The maximum Gasteiger partial charge on any atom is 0.324 e. The van der Waals surface area contributed by atoms with E-state index < -0.39 is 18.1 Å². The second kappa shape index (κ2) is 8.81. The number of rotatable bonds is 8. The highest BCUT2D eigenvalue weighted by Gasteiger charge is 2.28. The topological polar surface area (TPSA) is 105 Å². The van der Waals surface area contributed by atoms with E-state index in [0.717, 1.165) is 10.5 Å². The van der Waals surface area contributed by atoms with Crippen LogP contribution in [-0.2, 0) is 25.7 Å². The molecule has 1 heterocycles. The molecule has 2 rings (SSSR count). The summed E-state index contributed by atoms with van der Waals surface area (Å²) in [5.41, 5.74) is 0.947. The Hall–Kier alpha value is -2.90. The van der Waals surface area contributed by atoms with E-state index in [9.17, 15) is 19.2 Å². The molecule has 1 aromatic carbocycles. The van der Waals surface area contributed by atoms with Crippen LogP contribution in [0.3, 0.4) is 0 Å². The fourth-order valence-electron chi connectivity index (χ4n) is 2.30. The number of carbonyl (C=O) groups is 4. The van der Waals surface area contributed by atoms with Crippen LogP contribution in [0.5, 0.6) is 0 Å². The molecular formula is C17H21N3O5. The van der Waals surface area contributed by atoms with Crippen molar-refractivity contribution in [1.82, 2.24) is 15.5 Å². The third kappa shape index (κ3) is 5.59. The molecule has 0 radical (unpaired) electrons. The molecule has 134 valence electrons. The fourth-order valence-corrected chi connectivity index (χ4v) is 2.30. The molecule has 0 spiro atoms. The summed E-state index contributed by atoms with van der Waals surface area (Å²) >= 11 is 0. The van der Waals surface area contributed by atoms with Gasteiger partial charge in [-0.3, -0.25) is 19.3 Å². The van der Waals surface area contributed by atoms with Crippen LogP contribution < -0.4 is 10.6 Å². The number of hydrogen-bond donors (Lipinski definition) is 2. The molecule has 8 nitrogen and oxygen atoms in total. The van der Waals surface area contributed by atoms with E-state index in [0.29, 0.717) is 6.54 Å². The van der Waals surface area contributed by atoms with Crippen molar-refractivity contribution in [3.05, 3.63) is 35.9 Å². The van der Waals surface area contributed by atoms with E-state index in [2.05, 4.69) is 10.6 Å². The van der Waals surface area contributed by atoms with Gasteiger partial charge in [0.15, 0.2) is 6.10 Å². The Morgan fingerprint density at radius 3 is 2.64 bits per heavy atom. The van der Waals surface area contributed by atoms with Crippen molar-refractivity contribution in [2.75, 3.05) is 13.1 Å². The van der Waals surface area contributed by atoms with Gasteiger partial charge in [0.2, 0.25) is 5.91 Å². The minimum absolute atomic E-state index is 0.0120. The number of nitrogens with one attached hydrogen (secondary N) is 2. The molecule has 0 bridgehead atoms. The third-order valence-electron chi connectivity index (χ3n) is 3.69. The van der Waals surface area contributed by atoms with Crippen LogP contribution in [-0.4, -0.2) is 47.9 Å². The Morgan fingerprint density at radius 2 is 2.00 bits per heavy atom. The van der Waals surface area contributed by atoms with Crippen molar-refractivity contribution in [2.45, 2.75) is 32.4 Å². The number of hydrogen-bond acceptors (Lipinski definition) is 5. The highest BCUT2D eigenvalue weighted by Crippen LogP contribution is 2.05. The first-order chi connectivity index (χ1) is 12.0. The molecule has 1 fully saturated rings. The lowest BCUT2D eigenvalue weighted by molar-refractivity contribution is -0.155. The van der Waals surface area contributed by atoms with E-state index in [1.807, 2.05) is 30.3 Å². The highest BCUT2D eigenvalue weighted by molar-refractivity contribution is 6.01. The van der Waals surface area contributed by atoms with Gasteiger partial charge in [-0.15, -0.1) is 0 Å². The first kappa shape index (κ1) is 18.4. The average molecular weight is 347 g/mol. The van der Waals surface area contributed by atoms with Gasteiger partial charge < -0.3 is 15.4 Å². The van der Waals surface area contributed by atoms with E-state index in [1.165, 1.54) is 6.92 Å². The highest BCUT2D eigenvalue weighted by atomic mass is 16.5. The zero-order chi connectivity index (χ0) is 18.2. The third-order valence-corrected chi connectivity index (χ3v) is 3.69. The van der Waals surface area contributed by atoms with Crippen molar-refractivity contribution in [2.24, 2.45) is 0 Å². The van der Waals surface area contributed by atoms with Crippen LogP contribution in [0.4, 0.5) is 4.79 Å². The predicted octanol–water partition coefficient (Wildman–Crippen LogP) is 0.567. The Labute approximate surface area is 145 Å². The standard InChI is InChI=1S/C17H21N3O5/c1-12(16(23)18-10-13-6-3-2-4-7-13)25-15(22)8-5-9-20-14(21)11-19-17(20)24/h2-4,6-7,12H,5,8-11H2,1H3,(H,18,23)(H,19,24). The van der Waals surface area contributed by atoms with Gasteiger partial charge in [-0.2, -0.15) is 0 Å². The molecule has 4 amide bonds. The van der Waals surface area contributed by atoms with Gasteiger partial charge in [-0.25, -0.2) is 4.79 Å². The van der Waals surface area contributed by atoms with Crippen molar-refractivity contribution < 1.29 is 23.9 Å². The van der Waals surface area contributed by atoms with Gasteiger partial charge in [-0.05, 0) is 18.9 Å². The zero-order valence-electron chi connectivity index (χ0n) is 14.0. The number of esters is 1. The van der Waals surface area contributed by atoms with Crippen LogP contribution in [0.25, 0.3) is 0 Å². The predicted molar refractivity (Wildman–Crippen MR) is 88.2 cm³/mol. The van der Waals surface area contributed by atoms with Gasteiger partial charge in [0, 0.05) is 19.5 Å². The Bertz CT molecular complexity index is 631. The summed E-state index contributed by atoms with van der Waals surface area (Å²) in [4.78, 5) is 47.5. The van der Waals surface area contributed by atoms with E-state index in [1.54, 1.807) is 0 Å². The largest absolute Gasteiger partial charge is 0.453 e. The molecule has 8 heteroatoms. The van der Waals surface area contributed by atoms with Crippen LogP contribution in [0.15, 0.2) is 30.3 Å². The van der Waals surface area contributed by atoms with Crippen molar-refractivity contribution in [3.63, 3.8) is 0 Å². The SMILES string of the molecule is CC(OC(=O)CCCN1C(=O)CNC1=O)C(=O)NCc1ccccc1. The molecule has 1 aliphatic heterocycles. The van der Waals surface area contributed by atoms with Crippen molar-refractivity contribution >= 4 is 23.8 Å². The zero-order valence-corrected chi connectivity index (χ0v) is 14.0. The number of carbonyl (C=O) groups excluding carboxylic acids is 4. The van der Waals surface area contributed by atoms with Crippen LogP contribution in [0, 0.1) is 0 Å². The Kier molecular flexibility index (Phi) is 6.50. The molecule has 2 N–H and O–H groups in total. The molecule has 0 saturated carbocycles. The van der Waals surface area contributed by atoms with Gasteiger partial charge >= 0.3 is 12.0 Å². The molecule has 0 aliphatic carbocycles. The quantitative estimate of drug-likeness (QED) is 0.528. The first-order valence-corrected chi connectivity index (χ1v) is 8.06. The normalized spacial score (nSPS) is 14.8. The van der Waals surface area contributed by atoms with E-state index >= 15 is 0 Å². The molecular weight excluding hydrogens is 326 g/mol. The lowest BCUT2D eigenvalue weighted by Gasteiger charge is -2.15. The molecule has 1 saturated heterocycles. The van der Waals surface area contributed by atoms with Crippen molar-refractivity contribution in [1.29, 1.82) is 0 Å². The monoisotopic (exact) mass is 347 g/mol. The summed E-state index contributed by atoms with van der Waals surface area (Å²) in [6.45, 7) is 1.99. The summed E-state index contributed by atoms with van der Waals surface area (Å²) in [6.07, 6.45) is -0.600. The summed E-state index contributed by atoms with van der Waals surface area (Å²) < 4.78 is 5.06.